The van der Waals surface area contributed by atoms with E-state index in [-0.39, 0.29) is 23.9 Å². The lowest BCUT2D eigenvalue weighted by atomic mass is 10.1. The molecule has 2 amide bonds. The summed E-state index contributed by atoms with van der Waals surface area (Å²) in [5.74, 6) is -1.75. The summed E-state index contributed by atoms with van der Waals surface area (Å²) < 4.78 is 79.2. The van der Waals surface area contributed by atoms with Gasteiger partial charge in [0.15, 0.2) is 0 Å². The molecule has 0 heterocycles. The van der Waals surface area contributed by atoms with E-state index in [0.717, 1.165) is 17.2 Å². The van der Waals surface area contributed by atoms with Crippen LogP contribution in [0.15, 0.2) is 42.5 Å². The first-order chi connectivity index (χ1) is 17.5. The van der Waals surface area contributed by atoms with Crippen molar-refractivity contribution < 1.29 is 35.6 Å². The number of nitrogens with one attached hydrogen (secondary N) is 1. The summed E-state index contributed by atoms with van der Waals surface area (Å²) in [6.07, 6.45) is -3.91. The van der Waals surface area contributed by atoms with Crippen molar-refractivity contribution in [2.24, 2.45) is 5.92 Å². The van der Waals surface area contributed by atoms with Crippen LogP contribution in [0, 0.1) is 11.7 Å². The van der Waals surface area contributed by atoms with Gasteiger partial charge in [-0.3, -0.25) is 13.9 Å². The zero-order valence-electron chi connectivity index (χ0n) is 21.4. The molecule has 38 heavy (non-hydrogen) atoms. The molecule has 2 aromatic carbocycles. The van der Waals surface area contributed by atoms with Crippen LogP contribution in [0.5, 0.6) is 0 Å². The van der Waals surface area contributed by atoms with Gasteiger partial charge in [0.2, 0.25) is 21.8 Å². The highest BCUT2D eigenvalue weighted by molar-refractivity contribution is 7.92. The Morgan fingerprint density at radius 1 is 1.08 bits per heavy atom. The predicted octanol–water partition coefficient (Wildman–Crippen LogP) is 4.84. The van der Waals surface area contributed by atoms with Crippen LogP contribution in [0.2, 0.25) is 5.02 Å². The fraction of sp³-hybridized carbons (Fsp3) is 0.440. The molecule has 0 radical (unpaired) electrons. The lowest BCUT2D eigenvalue weighted by Gasteiger charge is -2.33. The van der Waals surface area contributed by atoms with Crippen LogP contribution in [0.3, 0.4) is 0 Å². The molecule has 0 fully saturated rings. The van der Waals surface area contributed by atoms with E-state index >= 15 is 0 Å². The van der Waals surface area contributed by atoms with Gasteiger partial charge >= 0.3 is 6.18 Å². The fourth-order valence-corrected chi connectivity index (χ4v) is 4.73. The summed E-state index contributed by atoms with van der Waals surface area (Å²) in [6.45, 7) is 4.64. The van der Waals surface area contributed by atoms with Gasteiger partial charge in [-0.05, 0) is 48.2 Å². The molecule has 0 unspecified atom stereocenters. The van der Waals surface area contributed by atoms with Crippen molar-refractivity contribution in [2.45, 2.75) is 46.0 Å². The van der Waals surface area contributed by atoms with E-state index in [1.54, 1.807) is 6.92 Å². The smallest absolute Gasteiger partial charge is 0.354 e. The maximum absolute atomic E-state index is 13.6. The maximum Gasteiger partial charge on any atom is 0.416 e. The zero-order chi connectivity index (χ0) is 28.8. The summed E-state index contributed by atoms with van der Waals surface area (Å²) >= 11 is 6.07. The number of sulfonamides is 1. The van der Waals surface area contributed by atoms with Gasteiger partial charge in [-0.25, -0.2) is 12.8 Å². The molecule has 2 aromatic rings. The first-order valence-electron chi connectivity index (χ1n) is 11.7. The average molecular weight is 580 g/mol. The molecule has 0 saturated carbocycles. The Balaban J connectivity index is 2.52. The molecule has 0 aliphatic carbocycles. The minimum Gasteiger partial charge on any atom is -0.354 e. The third-order valence-electron chi connectivity index (χ3n) is 5.56. The highest BCUT2D eigenvalue weighted by Gasteiger charge is 2.35. The Morgan fingerprint density at radius 3 is 2.18 bits per heavy atom. The molecule has 1 N–H and O–H groups in total. The molecule has 2 rings (SSSR count). The van der Waals surface area contributed by atoms with E-state index in [2.05, 4.69) is 5.32 Å². The Morgan fingerprint density at radius 2 is 1.68 bits per heavy atom. The Labute approximate surface area is 224 Å². The molecule has 0 aliphatic rings. The number of anilines is 1. The molecular weight excluding hydrogens is 550 g/mol. The molecule has 0 aromatic heterocycles. The van der Waals surface area contributed by atoms with Gasteiger partial charge in [-0.1, -0.05) is 44.5 Å². The topological polar surface area (TPSA) is 86.8 Å². The van der Waals surface area contributed by atoms with Gasteiger partial charge in [0.25, 0.3) is 0 Å². The van der Waals surface area contributed by atoms with E-state index in [4.69, 9.17) is 11.6 Å². The third kappa shape index (κ3) is 8.59. The Bertz CT molecular complexity index is 1240. The van der Waals surface area contributed by atoms with Gasteiger partial charge in [-0.2, -0.15) is 13.2 Å². The summed E-state index contributed by atoms with van der Waals surface area (Å²) in [5, 5.41) is 2.42. The van der Waals surface area contributed by atoms with E-state index in [1.165, 1.54) is 24.3 Å². The molecular formula is C25H30ClF4N3O4S. The molecule has 7 nitrogen and oxygen atoms in total. The lowest BCUT2D eigenvalue weighted by molar-refractivity contribution is -0.140. The van der Waals surface area contributed by atoms with Gasteiger partial charge in [0, 0.05) is 13.1 Å². The van der Waals surface area contributed by atoms with Crippen LogP contribution in [-0.2, 0) is 32.3 Å². The van der Waals surface area contributed by atoms with Crippen LogP contribution in [0.25, 0.3) is 0 Å². The maximum atomic E-state index is 13.6. The number of carbonyl (C=O) groups excluding carboxylic acids is 2. The minimum atomic E-state index is -4.79. The van der Waals surface area contributed by atoms with Crippen molar-refractivity contribution in [2.75, 3.05) is 23.7 Å². The lowest BCUT2D eigenvalue weighted by Crippen LogP contribution is -2.52. The molecule has 13 heteroatoms. The predicted molar refractivity (Wildman–Crippen MR) is 138 cm³/mol. The van der Waals surface area contributed by atoms with E-state index in [1.807, 2.05) is 13.8 Å². The van der Waals surface area contributed by atoms with Crippen LogP contribution in [0.1, 0.15) is 38.3 Å². The minimum absolute atomic E-state index is 0.112. The average Bonchev–Trinajstić information content (AvgIpc) is 2.81. The summed E-state index contributed by atoms with van der Waals surface area (Å²) in [5.41, 5.74) is -1.23. The van der Waals surface area contributed by atoms with Crippen molar-refractivity contribution >= 4 is 39.1 Å². The van der Waals surface area contributed by atoms with Crippen molar-refractivity contribution in [3.05, 3.63) is 64.4 Å². The molecule has 1 atom stereocenters. The Hall–Kier alpha value is -2.86. The van der Waals surface area contributed by atoms with Crippen molar-refractivity contribution in [1.29, 1.82) is 0 Å². The number of alkyl halides is 3. The second-order valence-electron chi connectivity index (χ2n) is 9.14. The first-order valence-corrected chi connectivity index (χ1v) is 13.9. The molecule has 210 valence electrons. The standard InChI is InChI=1S/C25H30ClF4N3O4S/c1-5-21(24(35)31-13-16(2)3)32(14-17-6-9-19(27)10-7-17)23(34)15-33(38(4,36)37)22-12-18(25(28,29)30)8-11-20(22)26/h6-12,16,21H,5,13-15H2,1-4H3,(H,31,35)/t21-/m1/s1. The molecule has 0 spiro atoms. The number of rotatable bonds is 11. The number of nitrogens with zero attached hydrogens (tertiary/aromatic N) is 2. The SMILES string of the molecule is CC[C@H](C(=O)NCC(C)C)N(Cc1ccc(F)cc1)C(=O)CN(c1cc(C(F)(F)F)ccc1Cl)S(C)(=O)=O. The Kier molecular flexibility index (Phi) is 10.6. The molecule has 0 saturated heterocycles. The highest BCUT2D eigenvalue weighted by Crippen LogP contribution is 2.36. The summed E-state index contributed by atoms with van der Waals surface area (Å²) in [7, 11) is -4.30. The number of carbonyl (C=O) groups is 2. The highest BCUT2D eigenvalue weighted by atomic mass is 35.5. The van der Waals surface area contributed by atoms with Gasteiger partial charge in [0.1, 0.15) is 18.4 Å². The molecule has 0 aliphatic heterocycles. The van der Waals surface area contributed by atoms with E-state index < -0.39 is 57.7 Å². The fourth-order valence-electron chi connectivity index (χ4n) is 3.60. The van der Waals surface area contributed by atoms with Crippen molar-refractivity contribution in [3.8, 4) is 0 Å². The van der Waals surface area contributed by atoms with E-state index in [0.29, 0.717) is 28.5 Å². The van der Waals surface area contributed by atoms with Gasteiger partial charge in [-0.15, -0.1) is 0 Å². The van der Waals surface area contributed by atoms with Gasteiger partial charge in [0.05, 0.1) is 22.5 Å². The van der Waals surface area contributed by atoms with Crippen molar-refractivity contribution in [3.63, 3.8) is 0 Å². The van der Waals surface area contributed by atoms with E-state index in [9.17, 15) is 35.6 Å². The third-order valence-corrected chi connectivity index (χ3v) is 7.00. The van der Waals surface area contributed by atoms with Crippen LogP contribution in [0.4, 0.5) is 23.2 Å². The summed E-state index contributed by atoms with van der Waals surface area (Å²) in [4.78, 5) is 27.7. The zero-order valence-corrected chi connectivity index (χ0v) is 22.9. The number of amides is 2. The monoisotopic (exact) mass is 579 g/mol. The van der Waals surface area contributed by atoms with Crippen LogP contribution in [-0.4, -0.2) is 50.5 Å². The number of halogens is 5. The van der Waals surface area contributed by atoms with Crippen LogP contribution >= 0.6 is 11.6 Å². The largest absolute Gasteiger partial charge is 0.416 e. The number of hydrogen-bond acceptors (Lipinski definition) is 4. The van der Waals surface area contributed by atoms with Gasteiger partial charge < -0.3 is 10.2 Å². The second kappa shape index (κ2) is 12.8. The normalized spacial score (nSPS) is 12.8. The quantitative estimate of drug-likeness (QED) is 0.386. The van der Waals surface area contributed by atoms with Crippen LogP contribution < -0.4 is 9.62 Å². The second-order valence-corrected chi connectivity index (χ2v) is 11.5. The van der Waals surface area contributed by atoms with Crippen molar-refractivity contribution in [1.82, 2.24) is 10.2 Å². The number of benzene rings is 2. The molecule has 0 bridgehead atoms. The first kappa shape index (κ1) is 31.4. The summed E-state index contributed by atoms with van der Waals surface area (Å²) in [6, 6.07) is 6.26. The number of hydrogen-bond donors (Lipinski definition) is 1.